The minimum atomic E-state index is -0.728. The Kier molecular flexibility index (Phi) is 6.19. The van der Waals surface area contributed by atoms with Gasteiger partial charge in [-0.3, -0.25) is 9.59 Å². The Morgan fingerprint density at radius 2 is 1.59 bits per heavy atom. The first kappa shape index (κ1) is 16.3. The molecule has 118 valence electrons. The van der Waals surface area contributed by atoms with Crippen molar-refractivity contribution in [3.05, 3.63) is 47.3 Å². The summed E-state index contributed by atoms with van der Waals surface area (Å²) >= 11 is 0. The SMILES string of the molecule is O=C(O)CCCCCCCCC(=O)OC1=CC=C2C=CC=C21. The Morgan fingerprint density at radius 3 is 2.32 bits per heavy atom. The van der Waals surface area contributed by atoms with Crippen LogP contribution in [0.2, 0.25) is 0 Å². The van der Waals surface area contributed by atoms with Crippen molar-refractivity contribution in [2.24, 2.45) is 0 Å². The van der Waals surface area contributed by atoms with Crippen LogP contribution in [0.4, 0.5) is 0 Å². The van der Waals surface area contributed by atoms with Gasteiger partial charge in [0, 0.05) is 18.4 Å². The second-order valence-electron chi connectivity index (χ2n) is 5.58. The largest absolute Gasteiger partial charge is 0.481 e. The van der Waals surface area contributed by atoms with E-state index in [1.807, 2.05) is 30.4 Å². The summed E-state index contributed by atoms with van der Waals surface area (Å²) in [5.74, 6) is -0.257. The third kappa shape index (κ3) is 5.02. The van der Waals surface area contributed by atoms with Crippen LogP contribution in [0.5, 0.6) is 0 Å². The van der Waals surface area contributed by atoms with Crippen LogP contribution in [0.3, 0.4) is 0 Å². The van der Waals surface area contributed by atoms with Crippen molar-refractivity contribution in [3.63, 3.8) is 0 Å². The molecular formula is C18H22O4. The topological polar surface area (TPSA) is 63.6 Å². The minimum Gasteiger partial charge on any atom is -0.481 e. The summed E-state index contributed by atoms with van der Waals surface area (Å²) < 4.78 is 5.39. The molecule has 0 aromatic carbocycles. The van der Waals surface area contributed by atoms with E-state index in [2.05, 4.69) is 0 Å². The normalized spacial score (nSPS) is 15.2. The molecule has 2 rings (SSSR count). The lowest BCUT2D eigenvalue weighted by molar-refractivity contribution is -0.139. The first-order valence-electron chi connectivity index (χ1n) is 7.90. The Hall–Kier alpha value is -2.10. The second kappa shape index (κ2) is 8.37. The fraction of sp³-hybridized carbons (Fsp3) is 0.444. The molecule has 0 saturated carbocycles. The van der Waals surface area contributed by atoms with Gasteiger partial charge in [-0.1, -0.05) is 50.0 Å². The minimum absolute atomic E-state index is 0.181. The highest BCUT2D eigenvalue weighted by Crippen LogP contribution is 2.31. The van der Waals surface area contributed by atoms with Gasteiger partial charge in [0.05, 0.1) is 0 Å². The van der Waals surface area contributed by atoms with E-state index in [1.54, 1.807) is 0 Å². The van der Waals surface area contributed by atoms with Gasteiger partial charge >= 0.3 is 11.9 Å². The molecule has 4 nitrogen and oxygen atoms in total. The molecule has 0 bridgehead atoms. The first-order chi connectivity index (χ1) is 10.7. The van der Waals surface area contributed by atoms with Crippen LogP contribution in [0.1, 0.15) is 51.4 Å². The van der Waals surface area contributed by atoms with Gasteiger partial charge in [-0.05, 0) is 24.5 Å². The number of hydrogen-bond acceptors (Lipinski definition) is 3. The fourth-order valence-electron chi connectivity index (χ4n) is 2.57. The Labute approximate surface area is 130 Å². The summed E-state index contributed by atoms with van der Waals surface area (Å²) in [6, 6.07) is 0. The summed E-state index contributed by atoms with van der Waals surface area (Å²) in [6.45, 7) is 0. The van der Waals surface area contributed by atoms with Gasteiger partial charge in [0.25, 0.3) is 0 Å². The molecular weight excluding hydrogens is 280 g/mol. The van der Waals surface area contributed by atoms with Crippen LogP contribution in [-0.4, -0.2) is 17.0 Å². The molecule has 2 aliphatic rings. The number of allylic oxidation sites excluding steroid dienone is 6. The van der Waals surface area contributed by atoms with Crippen LogP contribution in [0.15, 0.2) is 47.3 Å². The summed E-state index contributed by atoms with van der Waals surface area (Å²) in [7, 11) is 0. The second-order valence-corrected chi connectivity index (χ2v) is 5.58. The lowest BCUT2D eigenvalue weighted by Crippen LogP contribution is -2.04. The zero-order valence-corrected chi connectivity index (χ0v) is 12.7. The molecule has 0 fully saturated rings. The average molecular weight is 302 g/mol. The highest BCUT2D eigenvalue weighted by atomic mass is 16.5. The van der Waals surface area contributed by atoms with Crippen LogP contribution in [0, 0.1) is 0 Å². The number of carbonyl (C=O) groups excluding carboxylic acids is 1. The van der Waals surface area contributed by atoms with Crippen molar-refractivity contribution in [2.75, 3.05) is 0 Å². The van der Waals surface area contributed by atoms with E-state index >= 15 is 0 Å². The van der Waals surface area contributed by atoms with Gasteiger partial charge in [0.2, 0.25) is 0 Å². The number of aliphatic carboxylic acids is 1. The van der Waals surface area contributed by atoms with Gasteiger partial charge in [-0.25, -0.2) is 0 Å². The molecule has 0 unspecified atom stereocenters. The smallest absolute Gasteiger partial charge is 0.311 e. The number of ether oxygens (including phenoxy) is 1. The van der Waals surface area contributed by atoms with Gasteiger partial charge in [-0.15, -0.1) is 0 Å². The maximum absolute atomic E-state index is 11.8. The van der Waals surface area contributed by atoms with Crippen molar-refractivity contribution < 1.29 is 19.4 Å². The zero-order valence-electron chi connectivity index (χ0n) is 12.7. The maximum atomic E-state index is 11.8. The van der Waals surface area contributed by atoms with Crippen LogP contribution < -0.4 is 0 Å². The van der Waals surface area contributed by atoms with Crippen molar-refractivity contribution in [1.29, 1.82) is 0 Å². The summed E-state index contributed by atoms with van der Waals surface area (Å²) in [6.07, 6.45) is 15.9. The lowest BCUT2D eigenvalue weighted by atomic mass is 10.1. The molecule has 22 heavy (non-hydrogen) atoms. The first-order valence-corrected chi connectivity index (χ1v) is 7.90. The number of carbonyl (C=O) groups is 2. The molecule has 1 N–H and O–H groups in total. The molecule has 0 aliphatic heterocycles. The van der Waals surface area contributed by atoms with E-state index in [-0.39, 0.29) is 12.4 Å². The molecule has 0 aromatic heterocycles. The van der Waals surface area contributed by atoms with Gasteiger partial charge in [0.1, 0.15) is 5.76 Å². The summed E-state index contributed by atoms with van der Waals surface area (Å²) in [5.41, 5.74) is 2.09. The van der Waals surface area contributed by atoms with Crippen molar-refractivity contribution in [2.45, 2.75) is 51.4 Å². The van der Waals surface area contributed by atoms with Crippen LogP contribution >= 0.6 is 0 Å². The van der Waals surface area contributed by atoms with Crippen molar-refractivity contribution in [1.82, 2.24) is 0 Å². The van der Waals surface area contributed by atoms with E-state index in [1.165, 1.54) is 0 Å². The number of esters is 1. The third-order valence-corrected chi connectivity index (χ3v) is 3.77. The molecule has 0 atom stereocenters. The van der Waals surface area contributed by atoms with E-state index in [9.17, 15) is 9.59 Å². The Balaban J connectivity index is 1.50. The Bertz CT molecular complexity index is 549. The van der Waals surface area contributed by atoms with Gasteiger partial charge in [0.15, 0.2) is 0 Å². The molecule has 0 heterocycles. The maximum Gasteiger partial charge on any atom is 0.311 e. The highest BCUT2D eigenvalue weighted by molar-refractivity contribution is 5.74. The molecule has 0 radical (unpaired) electrons. The number of hydrogen-bond donors (Lipinski definition) is 1. The quantitative estimate of drug-likeness (QED) is 0.488. The Morgan fingerprint density at radius 1 is 0.909 bits per heavy atom. The standard InChI is InChI=1S/C18H22O4/c19-17(20)10-5-3-1-2-4-6-11-18(21)22-16-13-12-14-8-7-9-15(14)16/h7-9,12-13H,1-6,10-11H2,(H,19,20). The van der Waals surface area contributed by atoms with Crippen molar-refractivity contribution in [3.8, 4) is 0 Å². The summed E-state index contributed by atoms with van der Waals surface area (Å²) in [5, 5.41) is 8.52. The average Bonchev–Trinajstić information content (AvgIpc) is 3.06. The fourth-order valence-corrected chi connectivity index (χ4v) is 2.57. The van der Waals surface area contributed by atoms with Crippen molar-refractivity contribution >= 4 is 11.9 Å². The van der Waals surface area contributed by atoms with E-state index in [0.29, 0.717) is 12.2 Å². The van der Waals surface area contributed by atoms with Gasteiger partial charge < -0.3 is 9.84 Å². The predicted octanol–water partition coefficient (Wildman–Crippen LogP) is 4.06. The third-order valence-electron chi connectivity index (χ3n) is 3.77. The lowest BCUT2D eigenvalue weighted by Gasteiger charge is -2.07. The van der Waals surface area contributed by atoms with E-state index < -0.39 is 5.97 Å². The van der Waals surface area contributed by atoms with Crippen LogP contribution in [0.25, 0.3) is 0 Å². The number of carboxylic acids is 1. The van der Waals surface area contributed by atoms with Gasteiger partial charge in [-0.2, -0.15) is 0 Å². The zero-order chi connectivity index (χ0) is 15.8. The number of rotatable bonds is 10. The molecule has 0 amide bonds. The molecule has 0 saturated heterocycles. The monoisotopic (exact) mass is 302 g/mol. The number of fused-ring (bicyclic) bond motifs is 1. The number of carboxylic acid groups (broad SMARTS) is 1. The highest BCUT2D eigenvalue weighted by Gasteiger charge is 2.19. The molecule has 0 spiro atoms. The molecule has 2 aliphatic carbocycles. The molecule has 0 aromatic rings. The summed E-state index contributed by atoms with van der Waals surface area (Å²) in [4.78, 5) is 22.2. The number of unbranched alkanes of at least 4 members (excludes halogenated alkanes) is 5. The van der Waals surface area contributed by atoms with E-state index in [0.717, 1.165) is 49.7 Å². The van der Waals surface area contributed by atoms with E-state index in [4.69, 9.17) is 9.84 Å². The molecule has 4 heteroatoms. The van der Waals surface area contributed by atoms with Crippen LogP contribution in [-0.2, 0) is 14.3 Å². The predicted molar refractivity (Wildman–Crippen MR) is 84.1 cm³/mol.